The van der Waals surface area contributed by atoms with E-state index in [9.17, 15) is 31.1 Å². The lowest BCUT2D eigenvalue weighted by atomic mass is 9.96. The van der Waals surface area contributed by atoms with Gasteiger partial charge in [-0.05, 0) is 31.5 Å². The summed E-state index contributed by atoms with van der Waals surface area (Å²) in [4.78, 5) is 11.1. The van der Waals surface area contributed by atoms with Crippen LogP contribution in [0.15, 0.2) is 12.1 Å². The third-order valence-corrected chi connectivity index (χ3v) is 2.42. The number of ketones is 1. The SMILES string of the molecule is CC(=O)c1cc(C(F)(F)F)cc(C(F)(F)F)c1C. The van der Waals surface area contributed by atoms with Crippen LogP contribution in [0.5, 0.6) is 0 Å². The van der Waals surface area contributed by atoms with Crippen molar-refractivity contribution < 1.29 is 31.1 Å². The van der Waals surface area contributed by atoms with Crippen LogP contribution in [0.25, 0.3) is 0 Å². The molecule has 0 unspecified atom stereocenters. The summed E-state index contributed by atoms with van der Waals surface area (Å²) in [7, 11) is 0. The van der Waals surface area contributed by atoms with Crippen molar-refractivity contribution in [1.29, 1.82) is 0 Å². The summed E-state index contributed by atoms with van der Waals surface area (Å²) in [5.74, 6) is -0.843. The molecular weight excluding hydrogens is 262 g/mol. The molecule has 1 aromatic rings. The van der Waals surface area contributed by atoms with Gasteiger partial charge in [0.25, 0.3) is 0 Å². The molecule has 0 bridgehead atoms. The number of carbonyl (C=O) groups is 1. The molecule has 0 fully saturated rings. The van der Waals surface area contributed by atoms with Crippen molar-refractivity contribution in [3.8, 4) is 0 Å². The normalized spacial score (nSPS) is 12.7. The predicted molar refractivity (Wildman–Crippen MR) is 51.2 cm³/mol. The molecule has 0 atom stereocenters. The van der Waals surface area contributed by atoms with Gasteiger partial charge < -0.3 is 0 Å². The van der Waals surface area contributed by atoms with E-state index in [0.29, 0.717) is 6.07 Å². The van der Waals surface area contributed by atoms with Crippen LogP contribution in [0.1, 0.15) is 34.0 Å². The molecule has 0 aliphatic carbocycles. The first-order valence-corrected chi connectivity index (χ1v) is 4.74. The minimum Gasteiger partial charge on any atom is -0.295 e. The molecule has 0 aliphatic rings. The highest BCUT2D eigenvalue weighted by molar-refractivity contribution is 5.96. The average Bonchev–Trinajstić information content (AvgIpc) is 2.13. The number of carbonyl (C=O) groups excluding carboxylic acids is 1. The van der Waals surface area contributed by atoms with Gasteiger partial charge >= 0.3 is 12.4 Å². The zero-order valence-corrected chi connectivity index (χ0v) is 9.33. The Kier molecular flexibility index (Phi) is 3.47. The van der Waals surface area contributed by atoms with E-state index in [0.717, 1.165) is 13.8 Å². The molecule has 0 spiro atoms. The number of hydrogen-bond acceptors (Lipinski definition) is 1. The number of halogens is 6. The van der Waals surface area contributed by atoms with E-state index >= 15 is 0 Å². The second-order valence-electron chi connectivity index (χ2n) is 3.75. The van der Waals surface area contributed by atoms with Gasteiger partial charge in [-0.2, -0.15) is 26.3 Å². The molecule has 0 aliphatic heterocycles. The molecule has 0 N–H and O–H groups in total. The monoisotopic (exact) mass is 270 g/mol. The van der Waals surface area contributed by atoms with Crippen LogP contribution in [-0.2, 0) is 12.4 Å². The maximum Gasteiger partial charge on any atom is 0.416 e. The van der Waals surface area contributed by atoms with Crippen LogP contribution < -0.4 is 0 Å². The smallest absolute Gasteiger partial charge is 0.295 e. The van der Waals surface area contributed by atoms with Crippen LogP contribution in [0.4, 0.5) is 26.3 Å². The van der Waals surface area contributed by atoms with Crippen molar-refractivity contribution in [3.63, 3.8) is 0 Å². The third kappa shape index (κ3) is 2.83. The quantitative estimate of drug-likeness (QED) is 0.551. The minimum atomic E-state index is -4.93. The summed E-state index contributed by atoms with van der Waals surface area (Å²) in [6, 6.07) is 0.453. The van der Waals surface area contributed by atoms with Crippen molar-refractivity contribution in [3.05, 3.63) is 34.4 Å². The van der Waals surface area contributed by atoms with Gasteiger partial charge in [0.2, 0.25) is 0 Å². The Morgan fingerprint density at radius 1 is 1.00 bits per heavy atom. The van der Waals surface area contributed by atoms with E-state index in [1.165, 1.54) is 0 Å². The zero-order valence-electron chi connectivity index (χ0n) is 9.33. The molecule has 7 heteroatoms. The van der Waals surface area contributed by atoms with Gasteiger partial charge in [0.05, 0.1) is 11.1 Å². The van der Waals surface area contributed by atoms with Gasteiger partial charge in [0, 0.05) is 5.56 Å². The summed E-state index contributed by atoms with van der Waals surface area (Å²) >= 11 is 0. The number of Topliss-reactive ketones (excluding diaryl/α,β-unsaturated/α-hetero) is 1. The third-order valence-electron chi connectivity index (χ3n) is 2.42. The Labute approximate surface area is 98.4 Å². The molecule has 0 aromatic heterocycles. The number of rotatable bonds is 1. The zero-order chi connectivity index (χ0) is 14.3. The first-order valence-electron chi connectivity index (χ1n) is 4.74. The van der Waals surface area contributed by atoms with Crippen molar-refractivity contribution in [2.45, 2.75) is 26.2 Å². The molecule has 0 saturated carbocycles. The fourth-order valence-electron chi connectivity index (χ4n) is 1.54. The first kappa shape index (κ1) is 14.5. The van der Waals surface area contributed by atoms with Gasteiger partial charge in [0.1, 0.15) is 0 Å². The molecule has 0 heterocycles. The first-order chi connectivity index (χ1) is 7.94. The summed E-state index contributed by atoms with van der Waals surface area (Å²) in [5.41, 5.74) is -3.99. The maximum absolute atomic E-state index is 12.6. The van der Waals surface area contributed by atoms with Crippen LogP contribution in [0.2, 0.25) is 0 Å². The number of alkyl halides is 6. The van der Waals surface area contributed by atoms with E-state index in [1.807, 2.05) is 0 Å². The molecule has 1 rings (SSSR count). The Morgan fingerprint density at radius 2 is 1.50 bits per heavy atom. The molecule has 1 nitrogen and oxygen atoms in total. The number of hydrogen-bond donors (Lipinski definition) is 0. The van der Waals surface area contributed by atoms with Crippen LogP contribution >= 0.6 is 0 Å². The molecular formula is C11H8F6O. The summed E-state index contributed by atoms with van der Waals surface area (Å²) in [6.07, 6.45) is -9.87. The van der Waals surface area contributed by atoms with Gasteiger partial charge in [-0.1, -0.05) is 0 Å². The Hall–Kier alpha value is -1.53. The number of benzene rings is 1. The average molecular weight is 270 g/mol. The van der Waals surface area contributed by atoms with Gasteiger partial charge in [-0.3, -0.25) is 4.79 Å². The Balaban J connectivity index is 3.63. The van der Waals surface area contributed by atoms with Crippen LogP contribution in [0, 0.1) is 6.92 Å². The molecule has 100 valence electrons. The lowest BCUT2D eigenvalue weighted by molar-refractivity contribution is -0.143. The van der Waals surface area contributed by atoms with Crippen LogP contribution in [0.3, 0.4) is 0 Å². The molecule has 0 radical (unpaired) electrons. The Bertz CT molecular complexity index is 484. The summed E-state index contributed by atoms with van der Waals surface area (Å²) < 4.78 is 75.1. The van der Waals surface area contributed by atoms with Crippen molar-refractivity contribution in [2.75, 3.05) is 0 Å². The standard InChI is InChI=1S/C11H8F6O/c1-5-8(6(2)18)3-7(10(12,13)14)4-9(5)11(15,16)17/h3-4H,1-2H3. The van der Waals surface area contributed by atoms with Crippen molar-refractivity contribution in [1.82, 2.24) is 0 Å². The van der Waals surface area contributed by atoms with E-state index in [-0.39, 0.29) is 6.07 Å². The summed E-state index contributed by atoms with van der Waals surface area (Å²) in [6.45, 7) is 1.89. The highest BCUT2D eigenvalue weighted by Crippen LogP contribution is 2.38. The van der Waals surface area contributed by atoms with Gasteiger partial charge in [0.15, 0.2) is 5.78 Å². The fourth-order valence-corrected chi connectivity index (χ4v) is 1.54. The predicted octanol–water partition coefficient (Wildman–Crippen LogP) is 4.24. The van der Waals surface area contributed by atoms with E-state index in [2.05, 4.69) is 0 Å². The second-order valence-corrected chi connectivity index (χ2v) is 3.75. The van der Waals surface area contributed by atoms with Crippen molar-refractivity contribution >= 4 is 5.78 Å². The highest BCUT2D eigenvalue weighted by atomic mass is 19.4. The van der Waals surface area contributed by atoms with Gasteiger partial charge in [-0.25, -0.2) is 0 Å². The van der Waals surface area contributed by atoms with E-state index in [4.69, 9.17) is 0 Å². The van der Waals surface area contributed by atoms with E-state index in [1.54, 1.807) is 0 Å². The molecule has 18 heavy (non-hydrogen) atoms. The Morgan fingerprint density at radius 3 is 1.83 bits per heavy atom. The topological polar surface area (TPSA) is 17.1 Å². The summed E-state index contributed by atoms with van der Waals surface area (Å²) in [5, 5.41) is 0. The molecule has 0 amide bonds. The maximum atomic E-state index is 12.6. The fraction of sp³-hybridized carbons (Fsp3) is 0.364. The van der Waals surface area contributed by atoms with Gasteiger partial charge in [-0.15, -0.1) is 0 Å². The van der Waals surface area contributed by atoms with Crippen molar-refractivity contribution in [2.24, 2.45) is 0 Å². The van der Waals surface area contributed by atoms with Crippen LogP contribution in [-0.4, -0.2) is 5.78 Å². The highest BCUT2D eigenvalue weighted by Gasteiger charge is 2.38. The van der Waals surface area contributed by atoms with E-state index < -0.39 is 40.4 Å². The molecule has 0 saturated heterocycles. The molecule has 1 aromatic carbocycles. The minimum absolute atomic E-state index is 0.0156. The lowest BCUT2D eigenvalue weighted by Crippen LogP contribution is -2.15. The largest absolute Gasteiger partial charge is 0.416 e. The lowest BCUT2D eigenvalue weighted by Gasteiger charge is -2.16. The second kappa shape index (κ2) is 4.29.